The van der Waals surface area contributed by atoms with E-state index in [0.29, 0.717) is 0 Å². The van der Waals surface area contributed by atoms with Crippen molar-refractivity contribution < 1.29 is 4.79 Å². The van der Waals surface area contributed by atoms with Crippen LogP contribution in [0.3, 0.4) is 0 Å². The minimum atomic E-state index is 0.121. The average molecular weight is 228 g/mol. The monoisotopic (exact) mass is 228 g/mol. The van der Waals surface area contributed by atoms with Crippen molar-refractivity contribution in [1.29, 1.82) is 0 Å². The maximum Gasteiger partial charge on any atom is 0.159 e. The topological polar surface area (TPSA) is 17.1 Å². The number of hydrogen-bond donors (Lipinski definition) is 2. The van der Waals surface area contributed by atoms with Gasteiger partial charge in [-0.2, -0.15) is 25.3 Å². The molecule has 14 heavy (non-hydrogen) atoms. The van der Waals surface area contributed by atoms with E-state index in [1.165, 1.54) is 0 Å². The summed E-state index contributed by atoms with van der Waals surface area (Å²) in [6.07, 6.45) is 1.03. The lowest BCUT2D eigenvalue weighted by molar-refractivity contribution is 0.101. The van der Waals surface area contributed by atoms with E-state index in [4.69, 9.17) is 0 Å². The molecule has 0 fully saturated rings. The van der Waals surface area contributed by atoms with Gasteiger partial charge in [-0.3, -0.25) is 4.79 Å². The van der Waals surface area contributed by atoms with E-state index < -0.39 is 0 Å². The Morgan fingerprint density at radius 3 is 1.93 bits per heavy atom. The van der Waals surface area contributed by atoms with Gasteiger partial charge < -0.3 is 0 Å². The minimum absolute atomic E-state index is 0.121. The first-order valence-electron chi connectivity index (χ1n) is 4.50. The molecule has 0 N–H and O–H groups in total. The van der Waals surface area contributed by atoms with Crippen LogP contribution in [0.15, 0.2) is 30.3 Å². The Kier molecular flexibility index (Phi) is 7.71. The van der Waals surface area contributed by atoms with Crippen LogP contribution in [0.1, 0.15) is 30.6 Å². The molecule has 1 aromatic carbocycles. The maximum absolute atomic E-state index is 10.6. The first-order chi connectivity index (χ1) is 6.57. The molecule has 0 bridgehead atoms. The van der Waals surface area contributed by atoms with Crippen molar-refractivity contribution in [1.82, 2.24) is 0 Å². The SMILES string of the molecule is CC(=O)c1ccccc1.CCC(S)S. The molecular weight excluding hydrogens is 212 g/mol. The maximum atomic E-state index is 10.6. The summed E-state index contributed by atoms with van der Waals surface area (Å²) in [5.41, 5.74) is 0.775. The quantitative estimate of drug-likeness (QED) is 0.450. The Hall–Kier alpha value is -0.410. The summed E-state index contributed by atoms with van der Waals surface area (Å²) in [4.78, 5) is 10.6. The lowest BCUT2D eigenvalue weighted by Crippen LogP contribution is -1.88. The van der Waals surface area contributed by atoms with Gasteiger partial charge in [0.15, 0.2) is 5.78 Å². The van der Waals surface area contributed by atoms with Crippen LogP contribution < -0.4 is 0 Å². The number of carbonyl (C=O) groups is 1. The first kappa shape index (κ1) is 13.6. The molecule has 0 radical (unpaired) electrons. The molecule has 0 aromatic heterocycles. The van der Waals surface area contributed by atoms with Gasteiger partial charge >= 0.3 is 0 Å². The fraction of sp³-hybridized carbons (Fsp3) is 0.364. The van der Waals surface area contributed by atoms with E-state index in [1.54, 1.807) is 6.92 Å². The molecule has 0 atom stereocenters. The molecule has 0 unspecified atom stereocenters. The second-order valence-corrected chi connectivity index (χ2v) is 4.47. The molecule has 0 aliphatic rings. The van der Waals surface area contributed by atoms with Crippen molar-refractivity contribution in [3.63, 3.8) is 0 Å². The van der Waals surface area contributed by atoms with E-state index in [-0.39, 0.29) is 10.4 Å². The third-order valence-corrected chi connectivity index (χ3v) is 2.28. The highest BCUT2D eigenvalue weighted by molar-refractivity contribution is 7.99. The zero-order chi connectivity index (χ0) is 11.0. The van der Waals surface area contributed by atoms with Crippen LogP contribution in [-0.4, -0.2) is 10.4 Å². The summed E-state index contributed by atoms with van der Waals surface area (Å²) in [5, 5.41) is 0. The number of carbonyl (C=O) groups excluding carboxylic acids is 1. The van der Waals surface area contributed by atoms with E-state index in [1.807, 2.05) is 37.3 Å². The van der Waals surface area contributed by atoms with Gasteiger partial charge in [0.2, 0.25) is 0 Å². The fourth-order valence-electron chi connectivity index (χ4n) is 0.673. The Morgan fingerprint density at radius 2 is 1.71 bits per heavy atom. The Morgan fingerprint density at radius 1 is 1.29 bits per heavy atom. The normalized spacial score (nSPS) is 9.21. The largest absolute Gasteiger partial charge is 0.295 e. The summed E-state index contributed by atoms with van der Waals surface area (Å²) >= 11 is 7.92. The molecular formula is C11H16OS2. The van der Waals surface area contributed by atoms with Crippen molar-refractivity contribution in [3.05, 3.63) is 35.9 Å². The van der Waals surface area contributed by atoms with Crippen molar-refractivity contribution in [2.75, 3.05) is 0 Å². The highest BCUT2D eigenvalue weighted by atomic mass is 32.2. The van der Waals surface area contributed by atoms with Crippen LogP contribution in [0.5, 0.6) is 0 Å². The summed E-state index contributed by atoms with van der Waals surface area (Å²) in [7, 11) is 0. The molecule has 1 nitrogen and oxygen atoms in total. The predicted molar refractivity (Wildman–Crippen MR) is 68.5 cm³/mol. The average Bonchev–Trinajstić information content (AvgIpc) is 2.20. The van der Waals surface area contributed by atoms with E-state index in [2.05, 4.69) is 25.3 Å². The molecule has 0 amide bonds. The second-order valence-electron chi connectivity index (χ2n) is 2.81. The molecule has 0 heterocycles. The van der Waals surface area contributed by atoms with Crippen LogP contribution in [0, 0.1) is 0 Å². The van der Waals surface area contributed by atoms with Gasteiger partial charge in [-0.05, 0) is 13.3 Å². The first-order valence-corrected chi connectivity index (χ1v) is 5.53. The van der Waals surface area contributed by atoms with Crippen molar-refractivity contribution in [2.45, 2.75) is 24.9 Å². The van der Waals surface area contributed by atoms with Gasteiger partial charge in [-0.1, -0.05) is 37.3 Å². The standard InChI is InChI=1S/C8H8O.C3H8S2/c1-7(9)8-5-3-2-4-6-8;1-2-3(4)5/h2-6H,1H3;3-5H,2H2,1H3. The highest BCUT2D eigenvalue weighted by Crippen LogP contribution is 2.01. The van der Waals surface area contributed by atoms with Gasteiger partial charge in [0, 0.05) is 10.1 Å². The fourth-order valence-corrected chi connectivity index (χ4v) is 0.673. The van der Waals surface area contributed by atoms with Crippen molar-refractivity contribution in [3.8, 4) is 0 Å². The number of rotatable bonds is 2. The van der Waals surface area contributed by atoms with Crippen LogP contribution >= 0.6 is 25.3 Å². The van der Waals surface area contributed by atoms with Gasteiger partial charge in [0.05, 0.1) is 0 Å². The number of ketones is 1. The summed E-state index contributed by atoms with van der Waals surface area (Å²) in [5.74, 6) is 0.121. The number of hydrogen-bond acceptors (Lipinski definition) is 3. The van der Waals surface area contributed by atoms with Crippen LogP contribution in [0.4, 0.5) is 0 Å². The molecule has 1 rings (SSSR count). The molecule has 3 heteroatoms. The summed E-state index contributed by atoms with van der Waals surface area (Å²) in [6.45, 7) is 3.61. The Labute approximate surface area is 96.7 Å². The predicted octanol–water partition coefficient (Wildman–Crippen LogP) is 3.47. The third kappa shape index (κ3) is 7.04. The second kappa shape index (κ2) is 7.94. The lowest BCUT2D eigenvalue weighted by Gasteiger charge is -1.89. The van der Waals surface area contributed by atoms with Gasteiger partial charge in [0.25, 0.3) is 0 Å². The summed E-state index contributed by atoms with van der Waals surface area (Å²) in [6, 6.07) is 9.23. The van der Waals surface area contributed by atoms with Crippen LogP contribution in [0.25, 0.3) is 0 Å². The molecule has 0 aliphatic heterocycles. The van der Waals surface area contributed by atoms with Gasteiger partial charge in [0.1, 0.15) is 0 Å². The molecule has 0 spiro atoms. The minimum Gasteiger partial charge on any atom is -0.295 e. The third-order valence-electron chi connectivity index (χ3n) is 1.55. The number of Topliss-reactive ketones (excluding diaryl/α,β-unsaturated/α-hetero) is 1. The molecule has 0 saturated carbocycles. The summed E-state index contributed by atoms with van der Waals surface area (Å²) < 4.78 is 0.273. The number of benzene rings is 1. The van der Waals surface area contributed by atoms with Gasteiger partial charge in [-0.25, -0.2) is 0 Å². The Bertz CT molecular complexity index is 257. The van der Waals surface area contributed by atoms with Crippen LogP contribution in [0.2, 0.25) is 0 Å². The molecule has 1 aromatic rings. The van der Waals surface area contributed by atoms with Crippen molar-refractivity contribution in [2.24, 2.45) is 0 Å². The smallest absolute Gasteiger partial charge is 0.159 e. The molecule has 0 saturated heterocycles. The zero-order valence-electron chi connectivity index (χ0n) is 8.47. The van der Waals surface area contributed by atoms with Crippen molar-refractivity contribution >= 4 is 31.0 Å². The number of thiol groups is 2. The Balaban J connectivity index is 0.000000292. The van der Waals surface area contributed by atoms with E-state index in [9.17, 15) is 4.79 Å². The van der Waals surface area contributed by atoms with E-state index >= 15 is 0 Å². The zero-order valence-corrected chi connectivity index (χ0v) is 10.3. The molecule has 0 aliphatic carbocycles. The lowest BCUT2D eigenvalue weighted by atomic mass is 10.2. The van der Waals surface area contributed by atoms with Crippen LogP contribution in [-0.2, 0) is 0 Å². The highest BCUT2D eigenvalue weighted by Gasteiger charge is 1.92. The molecule has 78 valence electrons. The van der Waals surface area contributed by atoms with E-state index in [0.717, 1.165) is 12.0 Å². The van der Waals surface area contributed by atoms with Gasteiger partial charge in [-0.15, -0.1) is 0 Å².